The molecule has 0 aromatic rings. The third-order valence-electron chi connectivity index (χ3n) is 3.69. The van der Waals surface area contributed by atoms with Crippen LogP contribution in [-0.2, 0) is 4.79 Å². The molecule has 0 aliphatic carbocycles. The van der Waals surface area contributed by atoms with Gasteiger partial charge in [0, 0.05) is 25.8 Å². The van der Waals surface area contributed by atoms with Crippen molar-refractivity contribution in [2.75, 3.05) is 26.2 Å². The molecule has 106 valence electrons. The third kappa shape index (κ3) is 4.68. The summed E-state index contributed by atoms with van der Waals surface area (Å²) < 4.78 is 34.0. The first-order valence-corrected chi connectivity index (χ1v) is 7.24. The van der Waals surface area contributed by atoms with E-state index in [-0.39, 0.29) is 5.41 Å². The molecule has 3 saturated heterocycles. The Morgan fingerprint density at radius 3 is 1.89 bits per heavy atom. The van der Waals surface area contributed by atoms with Crippen LogP contribution in [0.15, 0.2) is 0 Å². The number of hydrogen-bond donors (Lipinski definition) is 2. The van der Waals surface area contributed by atoms with E-state index in [0.717, 1.165) is 25.8 Å². The molecule has 3 heterocycles. The minimum absolute atomic E-state index is 0.0256. The van der Waals surface area contributed by atoms with Crippen molar-refractivity contribution in [3.8, 4) is 0 Å². The Morgan fingerprint density at radius 2 is 1.56 bits per heavy atom. The van der Waals surface area contributed by atoms with Gasteiger partial charge >= 0.3 is 0 Å². The Hall–Kier alpha value is -0.440. The van der Waals surface area contributed by atoms with Crippen molar-refractivity contribution < 1.29 is 38.6 Å². The van der Waals surface area contributed by atoms with Gasteiger partial charge in [-0.05, 0) is 6.92 Å². The maximum Gasteiger partial charge on any atom is 0.226 e. The summed E-state index contributed by atoms with van der Waals surface area (Å²) in [6.07, 6.45) is 3.32. The molecule has 2 bridgehead atoms. The highest BCUT2D eigenvalue weighted by molar-refractivity contribution is 5.82. The molecule has 0 saturated carbocycles. The largest absolute Gasteiger partial charge is 0.356 e. The van der Waals surface area contributed by atoms with Gasteiger partial charge in [-0.15, -0.1) is 10.2 Å². The summed E-state index contributed by atoms with van der Waals surface area (Å²) in [5, 5.41) is 2.98. The standard InChI is InChI=1S/C10H18N2O.ClHO4/c1-2-11-9(13)10-3-6-12(7-4-10)8-5-10;2-1(3,4)5/h2-8H2,1H3,(H,11,13);(H,2,3,4,5). The number of piperidine rings is 3. The second-order valence-electron chi connectivity index (χ2n) is 4.77. The van der Waals surface area contributed by atoms with Crippen molar-refractivity contribution in [1.82, 2.24) is 5.32 Å². The molecule has 18 heavy (non-hydrogen) atoms. The van der Waals surface area contributed by atoms with E-state index in [9.17, 15) is 4.79 Å². The minimum atomic E-state index is -4.94. The predicted molar refractivity (Wildman–Crippen MR) is 50.5 cm³/mol. The van der Waals surface area contributed by atoms with Crippen molar-refractivity contribution in [1.29, 1.82) is 0 Å². The molecule has 0 spiro atoms. The molecule has 2 N–H and O–H groups in total. The van der Waals surface area contributed by atoms with Crippen LogP contribution in [0.25, 0.3) is 0 Å². The Labute approximate surface area is 108 Å². The number of hydrogen-bond acceptors (Lipinski definition) is 5. The smallest absolute Gasteiger partial charge is 0.226 e. The van der Waals surface area contributed by atoms with E-state index in [1.54, 1.807) is 4.90 Å². The minimum Gasteiger partial charge on any atom is -0.356 e. The van der Waals surface area contributed by atoms with E-state index < -0.39 is 10.2 Å². The number of amides is 1. The summed E-state index contributed by atoms with van der Waals surface area (Å²) in [6, 6.07) is 0. The zero-order chi connectivity index (χ0) is 13.8. The summed E-state index contributed by atoms with van der Waals surface area (Å²) in [4.78, 5) is 13.6. The molecule has 1 amide bonds. The van der Waals surface area contributed by atoms with Crippen molar-refractivity contribution in [3.05, 3.63) is 0 Å². The van der Waals surface area contributed by atoms with E-state index in [0.29, 0.717) is 5.91 Å². The highest BCUT2D eigenvalue weighted by atomic mass is 35.7. The van der Waals surface area contributed by atoms with Gasteiger partial charge in [-0.1, -0.05) is 0 Å². The summed E-state index contributed by atoms with van der Waals surface area (Å²) in [6.45, 7) is 6.39. The monoisotopic (exact) mass is 282 g/mol. The number of nitrogens with one attached hydrogen (secondary N) is 2. The van der Waals surface area contributed by atoms with Crippen LogP contribution >= 0.6 is 0 Å². The topological polar surface area (TPSA) is 126 Å². The highest BCUT2D eigenvalue weighted by Gasteiger charge is 2.47. The van der Waals surface area contributed by atoms with Gasteiger partial charge in [0.2, 0.25) is 5.91 Å². The normalized spacial score (nSPS) is 30.4. The SMILES string of the molecule is CCNC(=O)C12CC[NH+](CC1)CC2.[O-][Cl+3]([O-])([O-])[O-]. The molecular weight excluding hydrogens is 264 g/mol. The van der Waals surface area contributed by atoms with Crippen molar-refractivity contribution in [2.45, 2.75) is 26.2 Å². The van der Waals surface area contributed by atoms with E-state index in [1.165, 1.54) is 19.6 Å². The molecule has 0 aromatic heterocycles. The number of carbonyl (C=O) groups is 1. The van der Waals surface area contributed by atoms with Gasteiger partial charge in [0.1, 0.15) is 0 Å². The molecule has 8 heteroatoms. The zero-order valence-corrected chi connectivity index (χ0v) is 11.1. The van der Waals surface area contributed by atoms with Crippen molar-refractivity contribution in [2.24, 2.45) is 5.41 Å². The number of halogens is 1. The summed E-state index contributed by atoms with van der Waals surface area (Å²) in [5.74, 6) is 0.314. The van der Waals surface area contributed by atoms with Crippen LogP contribution in [0.3, 0.4) is 0 Å². The van der Waals surface area contributed by atoms with E-state index in [2.05, 4.69) is 5.32 Å². The lowest BCUT2D eigenvalue weighted by Crippen LogP contribution is -3.15. The Bertz CT molecular complexity index is 267. The highest BCUT2D eigenvalue weighted by Crippen LogP contribution is 2.33. The quantitative estimate of drug-likeness (QED) is 0.522. The second-order valence-corrected chi connectivity index (χ2v) is 5.52. The Kier molecular flexibility index (Phi) is 5.32. The Balaban J connectivity index is 0.000000280. The molecule has 3 aliphatic heterocycles. The fourth-order valence-corrected chi connectivity index (χ4v) is 2.69. The molecule has 0 radical (unpaired) electrons. The second kappa shape index (κ2) is 6.14. The maximum absolute atomic E-state index is 11.9. The van der Waals surface area contributed by atoms with Crippen molar-refractivity contribution >= 4 is 5.91 Å². The summed E-state index contributed by atoms with van der Waals surface area (Å²) in [5.41, 5.74) is 0.0256. The lowest BCUT2D eigenvalue weighted by molar-refractivity contribution is -2.00. The fourth-order valence-electron chi connectivity index (χ4n) is 2.69. The maximum atomic E-state index is 11.9. The summed E-state index contributed by atoms with van der Waals surface area (Å²) in [7, 11) is -4.94. The zero-order valence-electron chi connectivity index (χ0n) is 10.4. The number of quaternary nitrogens is 1. The lowest BCUT2D eigenvalue weighted by Gasteiger charge is -2.44. The average Bonchev–Trinajstić information content (AvgIpc) is 2.29. The fraction of sp³-hybridized carbons (Fsp3) is 0.900. The van der Waals surface area contributed by atoms with Gasteiger partial charge in [0.15, 0.2) is 0 Å². The molecule has 0 unspecified atom stereocenters. The third-order valence-corrected chi connectivity index (χ3v) is 3.69. The van der Waals surface area contributed by atoms with Crippen LogP contribution in [0.5, 0.6) is 0 Å². The molecule has 0 atom stereocenters. The molecule has 7 nitrogen and oxygen atoms in total. The van der Waals surface area contributed by atoms with Gasteiger partial charge < -0.3 is 10.2 Å². The summed E-state index contributed by atoms with van der Waals surface area (Å²) >= 11 is 0. The first-order chi connectivity index (χ1) is 8.27. The van der Waals surface area contributed by atoms with Gasteiger partial charge in [-0.3, -0.25) is 4.79 Å². The first kappa shape index (κ1) is 15.6. The van der Waals surface area contributed by atoms with Gasteiger partial charge in [0.05, 0.1) is 25.0 Å². The lowest BCUT2D eigenvalue weighted by atomic mass is 9.71. The first-order valence-electron chi connectivity index (χ1n) is 6.00. The number of rotatable bonds is 2. The Morgan fingerprint density at radius 1 is 1.17 bits per heavy atom. The molecule has 0 aromatic carbocycles. The van der Waals surface area contributed by atoms with Gasteiger partial charge in [-0.2, -0.15) is 0 Å². The van der Waals surface area contributed by atoms with Crippen LogP contribution in [0, 0.1) is 15.7 Å². The van der Waals surface area contributed by atoms with Crippen LogP contribution in [0.4, 0.5) is 0 Å². The molecule has 3 aliphatic rings. The molecule has 3 fully saturated rings. The van der Waals surface area contributed by atoms with Crippen LogP contribution in [0.2, 0.25) is 0 Å². The average molecular weight is 283 g/mol. The van der Waals surface area contributed by atoms with Gasteiger partial charge in [-0.25, -0.2) is 18.6 Å². The molecular formula is C10H19ClN2O5. The van der Waals surface area contributed by atoms with E-state index in [1.807, 2.05) is 6.92 Å². The number of carbonyl (C=O) groups excluding carboxylic acids is 1. The van der Waals surface area contributed by atoms with Crippen molar-refractivity contribution in [3.63, 3.8) is 0 Å². The van der Waals surface area contributed by atoms with Crippen LogP contribution < -0.4 is 28.9 Å². The van der Waals surface area contributed by atoms with Crippen LogP contribution in [0.1, 0.15) is 26.2 Å². The number of fused-ring (bicyclic) bond motifs is 3. The van der Waals surface area contributed by atoms with E-state index >= 15 is 0 Å². The van der Waals surface area contributed by atoms with Crippen LogP contribution in [-0.4, -0.2) is 32.1 Å². The van der Waals surface area contributed by atoms with E-state index in [4.69, 9.17) is 18.6 Å². The van der Waals surface area contributed by atoms with Gasteiger partial charge in [0.25, 0.3) is 0 Å². The molecule has 3 rings (SSSR count). The predicted octanol–water partition coefficient (Wildman–Crippen LogP) is -5.56.